The molecule has 0 saturated carbocycles. The highest BCUT2D eigenvalue weighted by Crippen LogP contribution is 2.35. The molecule has 1 aliphatic rings. The Morgan fingerprint density at radius 1 is 1.23 bits per heavy atom. The number of hydrogen-bond acceptors (Lipinski definition) is 3. The number of piperazine rings is 1. The Hall–Kier alpha value is -0.210. The van der Waals surface area contributed by atoms with E-state index >= 15 is 0 Å². The van der Waals surface area contributed by atoms with Crippen LogP contribution in [-0.2, 0) is 0 Å². The van der Waals surface area contributed by atoms with Gasteiger partial charge < -0.3 is 10.1 Å². The minimum absolute atomic E-state index is 0. The van der Waals surface area contributed by atoms with Gasteiger partial charge >= 0.3 is 6.36 Å². The maximum atomic E-state index is 12.5. The number of rotatable bonds is 3. The summed E-state index contributed by atoms with van der Waals surface area (Å²) in [5.41, 5.74) is 0.540. The summed E-state index contributed by atoms with van der Waals surface area (Å²) in [6.45, 7) is 5.19. The van der Waals surface area contributed by atoms with Crippen molar-refractivity contribution in [2.24, 2.45) is 0 Å². The number of ether oxygens (including phenoxy) is 1. The van der Waals surface area contributed by atoms with Crippen LogP contribution in [0.5, 0.6) is 5.75 Å². The molecule has 0 spiro atoms. The molecule has 0 bridgehead atoms. The number of alkyl halides is 3. The second-order valence-corrected chi connectivity index (χ2v) is 5.61. The van der Waals surface area contributed by atoms with Crippen LogP contribution in [-0.4, -0.2) is 37.4 Å². The lowest BCUT2D eigenvalue weighted by molar-refractivity contribution is -0.275. The predicted molar refractivity (Wildman–Crippen MR) is 88.2 cm³/mol. The fourth-order valence-corrected chi connectivity index (χ4v) is 2.71. The molecule has 1 saturated heterocycles. The van der Waals surface area contributed by atoms with Crippen LogP contribution in [0.1, 0.15) is 18.5 Å². The number of benzene rings is 1. The smallest absolute Gasteiger partial charge is 0.405 e. The average molecular weight is 426 g/mol. The van der Waals surface area contributed by atoms with Crippen molar-refractivity contribution in [1.82, 2.24) is 10.2 Å². The second kappa shape index (κ2) is 9.17. The van der Waals surface area contributed by atoms with Gasteiger partial charge in [0.2, 0.25) is 0 Å². The first-order chi connectivity index (χ1) is 9.37. The van der Waals surface area contributed by atoms with Crippen molar-refractivity contribution in [3.63, 3.8) is 0 Å². The first kappa shape index (κ1) is 21.8. The minimum Gasteiger partial charge on any atom is -0.405 e. The van der Waals surface area contributed by atoms with E-state index in [0.717, 1.165) is 30.7 Å². The highest BCUT2D eigenvalue weighted by Gasteiger charge is 2.33. The average Bonchev–Trinajstić information content (AvgIpc) is 2.39. The molecule has 3 nitrogen and oxygen atoms in total. The van der Waals surface area contributed by atoms with Crippen LogP contribution in [0.4, 0.5) is 13.2 Å². The lowest BCUT2D eigenvalue weighted by atomic mass is 10.1. The van der Waals surface area contributed by atoms with Gasteiger partial charge in [0.1, 0.15) is 5.75 Å². The van der Waals surface area contributed by atoms with Crippen LogP contribution >= 0.6 is 40.7 Å². The molecule has 1 heterocycles. The fraction of sp³-hybridized carbons (Fsp3) is 0.538. The Morgan fingerprint density at radius 3 is 2.36 bits per heavy atom. The summed E-state index contributed by atoms with van der Waals surface area (Å²) >= 11 is 3.30. The van der Waals surface area contributed by atoms with E-state index in [-0.39, 0.29) is 36.6 Å². The van der Waals surface area contributed by atoms with Gasteiger partial charge in [-0.05, 0) is 25.1 Å². The van der Waals surface area contributed by atoms with Crippen LogP contribution < -0.4 is 10.1 Å². The zero-order chi connectivity index (χ0) is 14.8. The van der Waals surface area contributed by atoms with Gasteiger partial charge in [-0.1, -0.05) is 15.9 Å². The van der Waals surface area contributed by atoms with Gasteiger partial charge in [0.25, 0.3) is 0 Å². The van der Waals surface area contributed by atoms with Crippen LogP contribution in [0.15, 0.2) is 22.7 Å². The van der Waals surface area contributed by atoms with Crippen LogP contribution in [0.2, 0.25) is 0 Å². The van der Waals surface area contributed by atoms with Gasteiger partial charge in [-0.2, -0.15) is 0 Å². The molecule has 0 aliphatic carbocycles. The van der Waals surface area contributed by atoms with E-state index in [1.165, 1.54) is 6.07 Å². The number of nitrogens with one attached hydrogen (secondary N) is 1. The highest BCUT2D eigenvalue weighted by molar-refractivity contribution is 9.10. The molecule has 1 aliphatic heterocycles. The van der Waals surface area contributed by atoms with Crippen molar-refractivity contribution in [3.05, 3.63) is 28.2 Å². The molecule has 1 N–H and O–H groups in total. The standard InChI is InChI=1S/C13H16BrF3N2O.2ClH/c1-9(19-6-4-18-5-7-19)11-8-10(14)2-3-12(11)20-13(15,16)17;;/h2-3,8-9,18H,4-7H2,1H3;2*1H/t9-;;/m0../s1. The summed E-state index contributed by atoms with van der Waals surface area (Å²) in [4.78, 5) is 2.14. The van der Waals surface area contributed by atoms with Crippen molar-refractivity contribution in [2.75, 3.05) is 26.2 Å². The highest BCUT2D eigenvalue weighted by atomic mass is 79.9. The molecule has 128 valence electrons. The van der Waals surface area contributed by atoms with Gasteiger partial charge in [0.15, 0.2) is 0 Å². The van der Waals surface area contributed by atoms with E-state index in [1.54, 1.807) is 12.1 Å². The fourth-order valence-electron chi connectivity index (χ4n) is 2.33. The number of hydrogen-bond donors (Lipinski definition) is 1. The van der Waals surface area contributed by atoms with Gasteiger partial charge in [0, 0.05) is 42.3 Å². The second-order valence-electron chi connectivity index (χ2n) is 4.69. The van der Waals surface area contributed by atoms with Crippen LogP contribution in [0.3, 0.4) is 0 Å². The van der Waals surface area contributed by atoms with E-state index in [0.29, 0.717) is 5.56 Å². The summed E-state index contributed by atoms with van der Waals surface area (Å²) in [5.74, 6) is -0.133. The molecular formula is C13H18BrCl2F3N2O. The molecular weight excluding hydrogens is 408 g/mol. The van der Waals surface area contributed by atoms with Gasteiger partial charge in [-0.25, -0.2) is 0 Å². The van der Waals surface area contributed by atoms with Crippen LogP contribution in [0.25, 0.3) is 0 Å². The minimum atomic E-state index is -4.67. The van der Waals surface area contributed by atoms with E-state index in [2.05, 4.69) is 30.9 Å². The number of halogens is 6. The third-order valence-electron chi connectivity index (χ3n) is 3.35. The SMILES string of the molecule is C[C@@H](c1cc(Br)ccc1OC(F)(F)F)N1CCNCC1.Cl.Cl. The Kier molecular flexibility index (Phi) is 9.09. The first-order valence-electron chi connectivity index (χ1n) is 6.37. The third kappa shape index (κ3) is 6.12. The molecule has 0 radical (unpaired) electrons. The summed E-state index contributed by atoms with van der Waals surface area (Å²) < 4.78 is 42.3. The Bertz CT molecular complexity index is 471. The van der Waals surface area contributed by atoms with Crippen molar-refractivity contribution < 1.29 is 17.9 Å². The van der Waals surface area contributed by atoms with Crippen molar-refractivity contribution >= 4 is 40.7 Å². The molecule has 0 amide bonds. The van der Waals surface area contributed by atoms with Gasteiger partial charge in [0.05, 0.1) is 0 Å². The molecule has 0 unspecified atom stereocenters. The van der Waals surface area contributed by atoms with E-state index in [4.69, 9.17) is 0 Å². The van der Waals surface area contributed by atoms with Crippen LogP contribution in [0, 0.1) is 0 Å². The Labute approximate surface area is 148 Å². The summed E-state index contributed by atoms with van der Waals surface area (Å²) in [6, 6.07) is 4.46. The quantitative estimate of drug-likeness (QED) is 0.786. The Morgan fingerprint density at radius 2 is 1.82 bits per heavy atom. The normalized spacial score (nSPS) is 17.1. The van der Waals surface area contributed by atoms with Crippen molar-refractivity contribution in [1.29, 1.82) is 0 Å². The van der Waals surface area contributed by atoms with E-state index in [1.807, 2.05) is 6.92 Å². The lowest BCUT2D eigenvalue weighted by Gasteiger charge is -2.33. The molecule has 1 aromatic rings. The third-order valence-corrected chi connectivity index (χ3v) is 3.84. The number of nitrogens with zero attached hydrogens (tertiary/aromatic N) is 1. The zero-order valence-corrected chi connectivity index (χ0v) is 15.0. The summed E-state index contributed by atoms with van der Waals surface area (Å²) in [6.07, 6.45) is -4.67. The zero-order valence-electron chi connectivity index (χ0n) is 11.8. The maximum absolute atomic E-state index is 12.5. The topological polar surface area (TPSA) is 24.5 Å². The van der Waals surface area contributed by atoms with Gasteiger partial charge in [-0.3, -0.25) is 4.90 Å². The molecule has 1 aromatic carbocycles. The predicted octanol–water partition coefficient (Wildman–Crippen LogP) is 4.16. The lowest BCUT2D eigenvalue weighted by Crippen LogP contribution is -2.44. The monoisotopic (exact) mass is 424 g/mol. The maximum Gasteiger partial charge on any atom is 0.573 e. The summed E-state index contributed by atoms with van der Waals surface area (Å²) in [7, 11) is 0. The van der Waals surface area contributed by atoms with E-state index in [9.17, 15) is 13.2 Å². The van der Waals surface area contributed by atoms with Crippen molar-refractivity contribution in [2.45, 2.75) is 19.3 Å². The molecule has 1 fully saturated rings. The summed E-state index contributed by atoms with van der Waals surface area (Å²) in [5, 5.41) is 3.22. The van der Waals surface area contributed by atoms with E-state index < -0.39 is 6.36 Å². The molecule has 9 heteroatoms. The molecule has 2 rings (SSSR count). The van der Waals surface area contributed by atoms with Crippen molar-refractivity contribution in [3.8, 4) is 5.75 Å². The van der Waals surface area contributed by atoms with Gasteiger partial charge in [-0.15, -0.1) is 38.0 Å². The molecule has 0 aromatic heterocycles. The molecule has 22 heavy (non-hydrogen) atoms. The largest absolute Gasteiger partial charge is 0.573 e. The molecule has 1 atom stereocenters. The first-order valence-corrected chi connectivity index (χ1v) is 7.16. The Balaban J connectivity index is 0.00000220.